The van der Waals surface area contributed by atoms with Crippen LogP contribution in [-0.2, 0) is 4.74 Å². The number of nitrogens with zero attached hydrogens (tertiary/aromatic N) is 1. The van der Waals surface area contributed by atoms with Gasteiger partial charge in [0.05, 0.1) is 20.7 Å². The lowest BCUT2D eigenvalue weighted by molar-refractivity contribution is -0.901. The number of ether oxygens (including phenoxy) is 2. The van der Waals surface area contributed by atoms with Gasteiger partial charge in [-0.15, -0.1) is 0 Å². The van der Waals surface area contributed by atoms with E-state index in [9.17, 15) is 0 Å². The first-order chi connectivity index (χ1) is 10.6. The van der Waals surface area contributed by atoms with Crippen molar-refractivity contribution in [1.29, 1.82) is 0 Å². The van der Waals surface area contributed by atoms with Gasteiger partial charge in [0, 0.05) is 0 Å². The van der Waals surface area contributed by atoms with Crippen molar-refractivity contribution >= 4 is 0 Å². The zero-order valence-electron chi connectivity index (χ0n) is 13.4. The number of rotatable bonds is 4. The Morgan fingerprint density at radius 3 is 2.36 bits per heavy atom. The number of quaternary nitrogens is 1. The normalized spacial score (nSPS) is 20.5. The summed E-state index contributed by atoms with van der Waals surface area (Å²) in [5, 5.41) is 0. The lowest BCUT2D eigenvalue weighted by Gasteiger charge is -2.37. The zero-order valence-corrected chi connectivity index (χ0v) is 13.4. The van der Waals surface area contributed by atoms with Gasteiger partial charge < -0.3 is 14.0 Å². The predicted octanol–water partition coefficient (Wildman–Crippen LogP) is 3.21. The van der Waals surface area contributed by atoms with Gasteiger partial charge in [-0.25, -0.2) is 0 Å². The zero-order chi connectivity index (χ0) is 15.4. The molecule has 1 saturated heterocycles. The van der Waals surface area contributed by atoms with Gasteiger partial charge in [0.1, 0.15) is 31.5 Å². The molecule has 3 nitrogen and oxygen atoms in total. The Morgan fingerprint density at radius 2 is 1.68 bits per heavy atom. The van der Waals surface area contributed by atoms with E-state index >= 15 is 0 Å². The van der Waals surface area contributed by atoms with E-state index in [1.54, 1.807) is 0 Å². The topological polar surface area (TPSA) is 18.5 Å². The molecule has 1 aliphatic rings. The van der Waals surface area contributed by atoms with E-state index in [1.165, 1.54) is 11.1 Å². The second kappa shape index (κ2) is 6.51. The lowest BCUT2D eigenvalue weighted by atomic mass is 10.1. The molecule has 0 aromatic heterocycles. The van der Waals surface area contributed by atoms with Crippen molar-refractivity contribution in [3.8, 4) is 16.9 Å². The monoisotopic (exact) mass is 298 g/mol. The molecule has 22 heavy (non-hydrogen) atoms. The molecule has 1 aliphatic heterocycles. The maximum absolute atomic E-state index is 5.89. The summed E-state index contributed by atoms with van der Waals surface area (Å²) in [4.78, 5) is 0. The molecule has 3 heteroatoms. The molecule has 0 saturated carbocycles. The highest BCUT2D eigenvalue weighted by Gasteiger charge is 2.28. The highest BCUT2D eigenvalue weighted by atomic mass is 16.5. The molecule has 2 aromatic carbocycles. The van der Waals surface area contributed by atoms with Crippen molar-refractivity contribution in [2.24, 2.45) is 0 Å². The van der Waals surface area contributed by atoms with Gasteiger partial charge in [-0.05, 0) is 23.3 Å². The summed E-state index contributed by atoms with van der Waals surface area (Å²) < 4.78 is 12.7. The van der Waals surface area contributed by atoms with Gasteiger partial charge in [0.2, 0.25) is 0 Å². The largest absolute Gasteiger partial charge is 0.491 e. The van der Waals surface area contributed by atoms with Crippen molar-refractivity contribution in [3.63, 3.8) is 0 Å². The van der Waals surface area contributed by atoms with Crippen molar-refractivity contribution in [3.05, 3.63) is 54.6 Å². The van der Waals surface area contributed by atoms with Crippen LogP contribution in [0, 0.1) is 0 Å². The molecule has 1 fully saturated rings. The van der Waals surface area contributed by atoms with Crippen LogP contribution in [0.5, 0.6) is 5.75 Å². The van der Waals surface area contributed by atoms with Crippen LogP contribution in [0.15, 0.2) is 54.6 Å². The van der Waals surface area contributed by atoms with E-state index in [2.05, 4.69) is 50.5 Å². The molecule has 0 radical (unpaired) electrons. The van der Waals surface area contributed by atoms with Gasteiger partial charge in [0.15, 0.2) is 0 Å². The van der Waals surface area contributed by atoms with Crippen LogP contribution >= 0.6 is 0 Å². The van der Waals surface area contributed by atoms with Crippen LogP contribution in [-0.4, -0.2) is 51.0 Å². The van der Waals surface area contributed by atoms with Gasteiger partial charge in [-0.2, -0.15) is 0 Å². The van der Waals surface area contributed by atoms with E-state index in [0.717, 1.165) is 29.9 Å². The molecule has 3 rings (SSSR count). The van der Waals surface area contributed by atoms with Gasteiger partial charge in [-0.1, -0.05) is 42.5 Å². The van der Waals surface area contributed by atoms with E-state index in [0.29, 0.717) is 6.61 Å². The maximum atomic E-state index is 5.89. The molecule has 2 aromatic rings. The fourth-order valence-corrected chi connectivity index (χ4v) is 2.83. The molecule has 1 unspecified atom stereocenters. The second-order valence-corrected chi connectivity index (χ2v) is 6.54. The minimum Gasteiger partial charge on any atom is -0.491 e. The highest BCUT2D eigenvalue weighted by molar-refractivity contribution is 5.63. The van der Waals surface area contributed by atoms with Crippen LogP contribution in [0.25, 0.3) is 11.1 Å². The number of likely N-dealkylation sites (N-methyl/N-ethyl adjacent to an activating group) is 1. The highest BCUT2D eigenvalue weighted by Crippen LogP contribution is 2.22. The molecule has 116 valence electrons. The Morgan fingerprint density at radius 1 is 1.00 bits per heavy atom. The second-order valence-electron chi connectivity index (χ2n) is 6.54. The Labute approximate surface area is 132 Å². The first kappa shape index (κ1) is 15.1. The van der Waals surface area contributed by atoms with Crippen LogP contribution in [0.3, 0.4) is 0 Å². The van der Waals surface area contributed by atoms with Crippen molar-refractivity contribution < 1.29 is 14.0 Å². The number of benzene rings is 2. The molecule has 0 bridgehead atoms. The quantitative estimate of drug-likeness (QED) is 0.807. The third-order valence-electron chi connectivity index (χ3n) is 4.15. The molecule has 0 aliphatic carbocycles. The molecule has 0 N–H and O–H groups in total. The average molecular weight is 298 g/mol. The third kappa shape index (κ3) is 3.87. The Hall–Kier alpha value is -1.84. The molecule has 0 amide bonds. The van der Waals surface area contributed by atoms with Crippen molar-refractivity contribution in [1.82, 2.24) is 0 Å². The van der Waals surface area contributed by atoms with Crippen LogP contribution in [0.4, 0.5) is 0 Å². The number of hydrogen-bond donors (Lipinski definition) is 0. The summed E-state index contributed by atoms with van der Waals surface area (Å²) in [6.45, 7) is 3.50. The van der Waals surface area contributed by atoms with Crippen LogP contribution < -0.4 is 4.74 Å². The van der Waals surface area contributed by atoms with E-state index < -0.39 is 0 Å². The molecule has 0 spiro atoms. The number of morpholine rings is 1. The fourth-order valence-electron chi connectivity index (χ4n) is 2.83. The molecule has 1 atom stereocenters. The van der Waals surface area contributed by atoms with Gasteiger partial charge in [0.25, 0.3) is 0 Å². The Bertz CT molecular complexity index is 593. The van der Waals surface area contributed by atoms with Crippen LogP contribution in [0.2, 0.25) is 0 Å². The fraction of sp³-hybridized carbons (Fsp3) is 0.368. The lowest BCUT2D eigenvalue weighted by Crippen LogP contribution is -2.54. The summed E-state index contributed by atoms with van der Waals surface area (Å²) in [6.07, 6.45) is 0.178. The van der Waals surface area contributed by atoms with Gasteiger partial charge in [-0.3, -0.25) is 0 Å². The summed E-state index contributed by atoms with van der Waals surface area (Å²) in [5.41, 5.74) is 2.43. The smallest absolute Gasteiger partial charge is 0.140 e. The van der Waals surface area contributed by atoms with E-state index in [1.807, 2.05) is 18.2 Å². The van der Waals surface area contributed by atoms with Crippen LogP contribution in [0.1, 0.15) is 0 Å². The van der Waals surface area contributed by atoms with E-state index in [4.69, 9.17) is 9.47 Å². The maximum Gasteiger partial charge on any atom is 0.140 e. The summed E-state index contributed by atoms with van der Waals surface area (Å²) >= 11 is 0. The summed E-state index contributed by atoms with van der Waals surface area (Å²) in [5.74, 6) is 0.902. The minimum absolute atomic E-state index is 0.178. The van der Waals surface area contributed by atoms with E-state index in [-0.39, 0.29) is 6.10 Å². The Kier molecular flexibility index (Phi) is 4.46. The molecular formula is C19H24NO2+. The first-order valence-corrected chi connectivity index (χ1v) is 7.84. The first-order valence-electron chi connectivity index (χ1n) is 7.84. The van der Waals surface area contributed by atoms with Crippen molar-refractivity contribution in [2.45, 2.75) is 6.10 Å². The van der Waals surface area contributed by atoms with Gasteiger partial charge >= 0.3 is 0 Å². The third-order valence-corrected chi connectivity index (χ3v) is 4.15. The molecular weight excluding hydrogens is 274 g/mol. The Balaban J connectivity index is 1.58. The molecule has 1 heterocycles. The SMILES string of the molecule is C[N+]1(C)CCOC(COc2ccc(-c3ccccc3)cc2)C1. The van der Waals surface area contributed by atoms with Crippen molar-refractivity contribution in [2.75, 3.05) is 40.4 Å². The summed E-state index contributed by atoms with van der Waals surface area (Å²) in [6, 6.07) is 18.7. The average Bonchev–Trinajstić information content (AvgIpc) is 2.53. The standard InChI is InChI=1S/C19H24NO2/c1-20(2)12-13-21-19(14-20)15-22-18-10-8-17(9-11-18)16-6-4-3-5-7-16/h3-11,19H,12-15H2,1-2H3/q+1. The minimum atomic E-state index is 0.178. The summed E-state index contributed by atoms with van der Waals surface area (Å²) in [7, 11) is 4.48. The number of hydrogen-bond acceptors (Lipinski definition) is 2. The predicted molar refractivity (Wildman–Crippen MR) is 89.0 cm³/mol.